The molecule has 122 valence electrons. The van der Waals surface area contributed by atoms with Crippen LogP contribution < -0.4 is 4.74 Å². The van der Waals surface area contributed by atoms with Gasteiger partial charge in [0, 0.05) is 11.3 Å². The minimum atomic E-state index is 0.0352. The third-order valence-electron chi connectivity index (χ3n) is 7.03. The van der Waals surface area contributed by atoms with Gasteiger partial charge < -0.3 is 14.7 Å². The van der Waals surface area contributed by atoms with Gasteiger partial charge in [-0.15, -0.1) is 0 Å². The van der Waals surface area contributed by atoms with Crippen LogP contribution >= 0.6 is 0 Å². The second-order valence-electron chi connectivity index (χ2n) is 7.86. The van der Waals surface area contributed by atoms with Gasteiger partial charge in [0.05, 0.1) is 18.9 Å². The van der Waals surface area contributed by atoms with Gasteiger partial charge in [-0.05, 0) is 60.8 Å². The molecule has 6 unspecified atom stereocenters. The van der Waals surface area contributed by atoms with E-state index in [0.717, 1.165) is 24.3 Å². The molecule has 0 bridgehead atoms. The first-order valence-electron chi connectivity index (χ1n) is 8.72. The van der Waals surface area contributed by atoms with Gasteiger partial charge in [0.15, 0.2) is 0 Å². The predicted molar refractivity (Wildman–Crippen MR) is 86.3 cm³/mol. The quantitative estimate of drug-likeness (QED) is 0.491. The Labute approximate surface area is 136 Å². The number of methoxy groups -OCH3 is 1. The molecule has 4 aliphatic rings. The van der Waals surface area contributed by atoms with E-state index in [1.165, 1.54) is 24.0 Å². The lowest BCUT2D eigenvalue weighted by Gasteiger charge is -2.49. The Bertz CT molecular complexity index is 700. The van der Waals surface area contributed by atoms with E-state index in [9.17, 15) is 5.21 Å². The number of ether oxygens (including phenoxy) is 2. The van der Waals surface area contributed by atoms with Crippen LogP contribution in [0.1, 0.15) is 43.2 Å². The summed E-state index contributed by atoms with van der Waals surface area (Å²) in [5.41, 5.74) is 3.91. The van der Waals surface area contributed by atoms with E-state index >= 15 is 0 Å². The highest BCUT2D eigenvalue weighted by Gasteiger charge is 2.69. The Hall–Kier alpha value is -1.55. The Morgan fingerprint density at radius 1 is 1.35 bits per heavy atom. The zero-order valence-electron chi connectivity index (χ0n) is 13.7. The molecular weight excluding hydrogens is 290 g/mol. The minimum absolute atomic E-state index is 0.0352. The predicted octanol–water partition coefficient (Wildman–Crippen LogP) is 3.37. The van der Waals surface area contributed by atoms with Crippen molar-refractivity contribution in [1.29, 1.82) is 0 Å². The number of aryl methyl sites for hydroxylation is 1. The Morgan fingerprint density at radius 2 is 2.22 bits per heavy atom. The van der Waals surface area contributed by atoms with Crippen molar-refractivity contribution < 1.29 is 14.7 Å². The molecule has 4 nitrogen and oxygen atoms in total. The summed E-state index contributed by atoms with van der Waals surface area (Å²) in [4.78, 5) is 0. The fourth-order valence-electron chi connectivity index (χ4n) is 5.95. The first-order chi connectivity index (χ1) is 11.2. The summed E-state index contributed by atoms with van der Waals surface area (Å²) in [5, 5.41) is 13.1. The highest BCUT2D eigenvalue weighted by Crippen LogP contribution is 2.64. The lowest BCUT2D eigenvalue weighted by atomic mass is 9.55. The van der Waals surface area contributed by atoms with E-state index in [-0.39, 0.29) is 11.5 Å². The first-order valence-corrected chi connectivity index (χ1v) is 8.72. The van der Waals surface area contributed by atoms with Crippen LogP contribution in [0.25, 0.3) is 0 Å². The smallest absolute Gasteiger partial charge is 0.126 e. The molecule has 1 aromatic rings. The van der Waals surface area contributed by atoms with Gasteiger partial charge in [-0.3, -0.25) is 0 Å². The van der Waals surface area contributed by atoms with Gasteiger partial charge in [0.25, 0.3) is 0 Å². The Kier molecular flexibility index (Phi) is 2.71. The molecule has 1 saturated heterocycles. The van der Waals surface area contributed by atoms with E-state index in [1.54, 1.807) is 7.11 Å². The zero-order chi connectivity index (χ0) is 15.8. The van der Waals surface area contributed by atoms with Crippen molar-refractivity contribution in [3.05, 3.63) is 29.3 Å². The summed E-state index contributed by atoms with van der Waals surface area (Å²) < 4.78 is 11.2. The topological polar surface area (TPSA) is 54.4 Å². The number of fused-ring (bicyclic) bond motifs is 7. The van der Waals surface area contributed by atoms with Gasteiger partial charge in [-0.25, -0.2) is 0 Å². The molecular formula is C19H23NO3. The molecule has 5 rings (SSSR count). The van der Waals surface area contributed by atoms with Gasteiger partial charge in [0.1, 0.15) is 11.9 Å². The summed E-state index contributed by atoms with van der Waals surface area (Å²) in [5.74, 6) is 2.73. The minimum Gasteiger partial charge on any atom is -0.497 e. The maximum atomic E-state index is 9.47. The number of benzene rings is 1. The summed E-state index contributed by atoms with van der Waals surface area (Å²) in [7, 11) is 1.73. The molecule has 4 heteroatoms. The van der Waals surface area contributed by atoms with Crippen molar-refractivity contribution in [1.82, 2.24) is 0 Å². The maximum absolute atomic E-state index is 9.47. The maximum Gasteiger partial charge on any atom is 0.126 e. The molecule has 6 atom stereocenters. The van der Waals surface area contributed by atoms with Crippen LogP contribution in [0.5, 0.6) is 5.75 Å². The standard InChI is InChI=1S/C19H23NO3/c1-19-8-7-13-12-6-4-11(22-2)9-10(12)3-5-14(13)15(19)16-17(23-16)18(19)20-21/h4,6,9,13-17,21H,3,5,7-8H2,1-2H3. The van der Waals surface area contributed by atoms with Crippen LogP contribution in [-0.4, -0.2) is 30.2 Å². The van der Waals surface area contributed by atoms with Crippen LogP contribution in [-0.2, 0) is 11.2 Å². The van der Waals surface area contributed by atoms with E-state index in [1.807, 2.05) is 0 Å². The highest BCUT2D eigenvalue weighted by molar-refractivity contribution is 5.99. The summed E-state index contributed by atoms with van der Waals surface area (Å²) in [6, 6.07) is 6.58. The number of rotatable bonds is 1. The lowest BCUT2D eigenvalue weighted by Crippen LogP contribution is -2.46. The van der Waals surface area contributed by atoms with E-state index in [0.29, 0.717) is 23.9 Å². The van der Waals surface area contributed by atoms with Crippen LogP contribution in [0, 0.1) is 17.3 Å². The second kappa shape index (κ2) is 4.50. The molecule has 1 aliphatic heterocycles. The first kappa shape index (κ1) is 13.8. The molecule has 1 heterocycles. The molecule has 3 fully saturated rings. The summed E-state index contributed by atoms with van der Waals surface area (Å²) in [6.45, 7) is 2.29. The number of nitrogens with zero attached hydrogens (tertiary/aromatic N) is 1. The molecule has 0 aromatic heterocycles. The van der Waals surface area contributed by atoms with Crippen molar-refractivity contribution in [3.63, 3.8) is 0 Å². The van der Waals surface area contributed by atoms with Crippen LogP contribution in [0.2, 0.25) is 0 Å². The average Bonchev–Trinajstić information content (AvgIpc) is 3.28. The highest BCUT2D eigenvalue weighted by atomic mass is 16.6. The number of hydrogen-bond acceptors (Lipinski definition) is 4. The third kappa shape index (κ3) is 1.68. The van der Waals surface area contributed by atoms with Crippen LogP contribution in [0.15, 0.2) is 23.4 Å². The van der Waals surface area contributed by atoms with Crippen molar-refractivity contribution in [2.24, 2.45) is 22.4 Å². The largest absolute Gasteiger partial charge is 0.497 e. The van der Waals surface area contributed by atoms with Gasteiger partial charge in [-0.1, -0.05) is 18.1 Å². The molecule has 0 spiro atoms. The number of hydrogen-bond donors (Lipinski definition) is 1. The molecule has 3 aliphatic carbocycles. The SMILES string of the molecule is COc1ccc2c(c1)CCC1C2CCC2(C)C(=NO)C3OC3C12. The van der Waals surface area contributed by atoms with Crippen molar-refractivity contribution in [2.45, 2.75) is 50.7 Å². The second-order valence-corrected chi connectivity index (χ2v) is 7.86. The van der Waals surface area contributed by atoms with Gasteiger partial charge in [0.2, 0.25) is 0 Å². The fraction of sp³-hybridized carbons (Fsp3) is 0.632. The van der Waals surface area contributed by atoms with E-state index < -0.39 is 0 Å². The normalized spacial score (nSPS) is 45.0. The molecule has 23 heavy (non-hydrogen) atoms. The van der Waals surface area contributed by atoms with Gasteiger partial charge >= 0.3 is 0 Å². The molecule has 0 amide bonds. The van der Waals surface area contributed by atoms with E-state index in [4.69, 9.17) is 9.47 Å². The number of epoxide rings is 1. The third-order valence-corrected chi connectivity index (χ3v) is 7.03. The van der Waals surface area contributed by atoms with Crippen molar-refractivity contribution in [3.8, 4) is 5.75 Å². The van der Waals surface area contributed by atoms with Crippen molar-refractivity contribution >= 4 is 5.71 Å². The molecule has 2 saturated carbocycles. The molecule has 1 N–H and O–H groups in total. The fourth-order valence-corrected chi connectivity index (χ4v) is 5.95. The lowest BCUT2D eigenvalue weighted by molar-refractivity contribution is 0.0548. The average molecular weight is 313 g/mol. The van der Waals surface area contributed by atoms with Gasteiger partial charge in [-0.2, -0.15) is 0 Å². The van der Waals surface area contributed by atoms with E-state index in [2.05, 4.69) is 30.3 Å². The van der Waals surface area contributed by atoms with Crippen LogP contribution in [0.3, 0.4) is 0 Å². The molecule has 0 radical (unpaired) electrons. The van der Waals surface area contributed by atoms with Crippen molar-refractivity contribution in [2.75, 3.05) is 7.11 Å². The summed E-state index contributed by atoms with van der Waals surface area (Å²) >= 11 is 0. The Balaban J connectivity index is 1.54. The Morgan fingerprint density at radius 3 is 3.00 bits per heavy atom. The monoisotopic (exact) mass is 313 g/mol. The molecule has 1 aromatic carbocycles. The number of oxime groups is 1. The summed E-state index contributed by atoms with van der Waals surface area (Å²) in [6.07, 6.45) is 4.97. The zero-order valence-corrected chi connectivity index (χ0v) is 13.7. The van der Waals surface area contributed by atoms with Crippen LogP contribution in [0.4, 0.5) is 0 Å².